The number of rotatable bonds is 6. The van der Waals surface area contributed by atoms with E-state index in [-0.39, 0.29) is 12.3 Å². The molecule has 2 heterocycles. The molecule has 0 unspecified atom stereocenters. The second kappa shape index (κ2) is 6.47. The molecule has 0 radical (unpaired) electrons. The van der Waals surface area contributed by atoms with Crippen molar-refractivity contribution in [2.75, 3.05) is 6.54 Å². The molecule has 0 atom stereocenters. The van der Waals surface area contributed by atoms with Crippen molar-refractivity contribution in [1.82, 2.24) is 9.88 Å². The maximum atomic E-state index is 12.3. The largest absolute Gasteiger partial charge is 0.481 e. The van der Waals surface area contributed by atoms with Crippen molar-refractivity contribution in [3.05, 3.63) is 21.0 Å². The molecule has 3 rings (SSSR count). The number of carboxylic acids is 1. The Balaban J connectivity index is 1.66. The highest BCUT2D eigenvalue weighted by atomic mass is 32.2. The first-order chi connectivity index (χ1) is 10.5. The van der Waals surface area contributed by atoms with E-state index < -0.39 is 5.97 Å². The summed E-state index contributed by atoms with van der Waals surface area (Å²) >= 11 is 8.10. The number of thiazole rings is 1. The summed E-state index contributed by atoms with van der Waals surface area (Å²) in [5.74, 6) is -0.407. The number of hydrogen-bond donors (Lipinski definition) is 1. The smallest absolute Gasteiger partial charge is 0.303 e. The lowest BCUT2D eigenvalue weighted by atomic mass is 10.3. The molecule has 1 aliphatic carbocycles. The van der Waals surface area contributed by atoms with E-state index in [1.807, 2.05) is 5.38 Å². The SMILES string of the molecule is O=C(O)CCCN1C(=O)/C(=C/c2csc(C3CC3)n2)SC1=S. The molecule has 5 nitrogen and oxygen atoms in total. The second-order valence-electron chi connectivity index (χ2n) is 5.22. The van der Waals surface area contributed by atoms with Crippen LogP contribution in [0.1, 0.15) is 42.3 Å². The monoisotopic (exact) mass is 354 g/mol. The van der Waals surface area contributed by atoms with Gasteiger partial charge in [0.1, 0.15) is 4.32 Å². The van der Waals surface area contributed by atoms with Crippen LogP contribution in [0.4, 0.5) is 0 Å². The zero-order chi connectivity index (χ0) is 15.7. The van der Waals surface area contributed by atoms with Crippen LogP contribution in [-0.2, 0) is 9.59 Å². The molecule has 1 saturated carbocycles. The first-order valence-corrected chi connectivity index (χ1v) is 9.07. The van der Waals surface area contributed by atoms with Crippen molar-refractivity contribution in [3.63, 3.8) is 0 Å². The van der Waals surface area contributed by atoms with E-state index in [9.17, 15) is 9.59 Å². The van der Waals surface area contributed by atoms with Crippen molar-refractivity contribution in [1.29, 1.82) is 0 Å². The normalized spacial score (nSPS) is 20.2. The van der Waals surface area contributed by atoms with Crippen molar-refractivity contribution in [3.8, 4) is 0 Å². The molecule has 1 amide bonds. The summed E-state index contributed by atoms with van der Waals surface area (Å²) in [7, 11) is 0. The Hall–Kier alpha value is -1.25. The predicted molar refractivity (Wildman–Crippen MR) is 90.8 cm³/mol. The Morgan fingerprint density at radius 2 is 2.32 bits per heavy atom. The molecule has 2 fully saturated rings. The Morgan fingerprint density at radius 3 is 3.00 bits per heavy atom. The third kappa shape index (κ3) is 3.56. The molecule has 0 bridgehead atoms. The third-order valence-corrected chi connectivity index (χ3v) is 5.79. The van der Waals surface area contributed by atoms with Crippen molar-refractivity contribution in [2.24, 2.45) is 0 Å². The number of thioether (sulfide) groups is 1. The van der Waals surface area contributed by atoms with Gasteiger partial charge >= 0.3 is 5.97 Å². The van der Waals surface area contributed by atoms with Crippen LogP contribution in [-0.4, -0.2) is 37.7 Å². The van der Waals surface area contributed by atoms with E-state index in [0.29, 0.717) is 28.1 Å². The van der Waals surface area contributed by atoms with Crippen molar-refractivity contribution in [2.45, 2.75) is 31.6 Å². The van der Waals surface area contributed by atoms with Gasteiger partial charge in [0.2, 0.25) is 0 Å². The number of aromatic nitrogens is 1. The standard InChI is InChI=1S/C14H14N2O3S3/c17-11(18)2-1-5-16-13(19)10(22-14(16)20)6-9-7-21-12(15-9)8-3-4-8/h6-8H,1-5H2,(H,17,18)/b10-6-. The van der Waals surface area contributed by atoms with Crippen LogP contribution in [0.5, 0.6) is 0 Å². The minimum absolute atomic E-state index is 0.0347. The van der Waals surface area contributed by atoms with Crippen LogP contribution in [0.2, 0.25) is 0 Å². The second-order valence-corrected chi connectivity index (χ2v) is 7.78. The topological polar surface area (TPSA) is 70.5 Å². The fourth-order valence-electron chi connectivity index (χ4n) is 2.10. The lowest BCUT2D eigenvalue weighted by molar-refractivity contribution is -0.137. The summed E-state index contributed by atoms with van der Waals surface area (Å²) in [6.07, 6.45) is 4.63. The van der Waals surface area contributed by atoms with Gasteiger partial charge in [-0.3, -0.25) is 14.5 Å². The first kappa shape index (κ1) is 15.6. The molecule has 0 spiro atoms. The minimum Gasteiger partial charge on any atom is -0.481 e. The molecule has 8 heteroatoms. The number of carboxylic acid groups (broad SMARTS) is 1. The molecule has 2 aliphatic rings. The molecular weight excluding hydrogens is 340 g/mol. The Kier molecular flexibility index (Phi) is 4.60. The zero-order valence-electron chi connectivity index (χ0n) is 11.7. The molecule has 22 heavy (non-hydrogen) atoms. The molecular formula is C14H14N2O3S3. The molecule has 1 aromatic heterocycles. The van der Waals surface area contributed by atoms with Gasteiger partial charge in [-0.1, -0.05) is 24.0 Å². The molecule has 1 N–H and O–H groups in total. The van der Waals surface area contributed by atoms with Crippen LogP contribution in [0, 0.1) is 0 Å². The maximum absolute atomic E-state index is 12.3. The molecule has 116 valence electrons. The number of thiocarbonyl (C=S) groups is 1. The summed E-state index contributed by atoms with van der Waals surface area (Å²) < 4.78 is 0.485. The van der Waals surface area contributed by atoms with E-state index in [1.165, 1.54) is 29.5 Å². The van der Waals surface area contributed by atoms with Crippen LogP contribution < -0.4 is 0 Å². The molecule has 1 saturated heterocycles. The Morgan fingerprint density at radius 1 is 1.55 bits per heavy atom. The van der Waals surface area contributed by atoms with Gasteiger partial charge in [-0.05, 0) is 25.3 Å². The lowest BCUT2D eigenvalue weighted by Crippen LogP contribution is -2.29. The number of carbonyl (C=O) groups excluding carboxylic acids is 1. The van der Waals surface area contributed by atoms with Gasteiger partial charge in [-0.25, -0.2) is 4.98 Å². The van der Waals surface area contributed by atoms with Gasteiger partial charge in [0.05, 0.1) is 15.6 Å². The lowest BCUT2D eigenvalue weighted by Gasteiger charge is -2.13. The highest BCUT2D eigenvalue weighted by Crippen LogP contribution is 2.42. The predicted octanol–water partition coefficient (Wildman–Crippen LogP) is 3.09. The van der Waals surface area contributed by atoms with Crippen LogP contribution in [0.3, 0.4) is 0 Å². The van der Waals surface area contributed by atoms with Gasteiger partial charge < -0.3 is 5.11 Å². The minimum atomic E-state index is -0.865. The number of nitrogens with zero attached hydrogens (tertiary/aromatic N) is 2. The summed E-state index contributed by atoms with van der Waals surface area (Å²) in [5, 5.41) is 11.8. The quantitative estimate of drug-likeness (QED) is 0.625. The summed E-state index contributed by atoms with van der Waals surface area (Å²) in [6, 6.07) is 0. The third-order valence-electron chi connectivity index (χ3n) is 3.39. The fourth-order valence-corrected chi connectivity index (χ4v) is 4.34. The summed E-state index contributed by atoms with van der Waals surface area (Å²) in [6.45, 7) is 0.346. The van der Waals surface area contributed by atoms with Crippen LogP contribution >= 0.6 is 35.3 Å². The molecule has 0 aromatic carbocycles. The van der Waals surface area contributed by atoms with Gasteiger partial charge in [0.25, 0.3) is 5.91 Å². The highest BCUT2D eigenvalue weighted by Gasteiger charge is 2.32. The number of aliphatic carboxylic acids is 1. The molecule has 1 aromatic rings. The van der Waals surface area contributed by atoms with E-state index in [4.69, 9.17) is 17.3 Å². The fraction of sp³-hybridized carbons (Fsp3) is 0.429. The number of carbonyl (C=O) groups is 2. The van der Waals surface area contributed by atoms with Crippen LogP contribution in [0.25, 0.3) is 6.08 Å². The average Bonchev–Trinajstić information content (AvgIpc) is 3.16. The number of amides is 1. The Labute approximate surface area is 141 Å². The summed E-state index contributed by atoms with van der Waals surface area (Å²) in [5.41, 5.74) is 0.804. The maximum Gasteiger partial charge on any atom is 0.303 e. The van der Waals surface area contributed by atoms with E-state index >= 15 is 0 Å². The van der Waals surface area contributed by atoms with Gasteiger partial charge in [0, 0.05) is 24.3 Å². The zero-order valence-corrected chi connectivity index (χ0v) is 14.1. The molecule has 1 aliphatic heterocycles. The van der Waals surface area contributed by atoms with E-state index in [2.05, 4.69) is 4.98 Å². The van der Waals surface area contributed by atoms with Crippen molar-refractivity contribution >= 4 is 57.6 Å². The van der Waals surface area contributed by atoms with Gasteiger partial charge in [-0.2, -0.15) is 0 Å². The van der Waals surface area contributed by atoms with Gasteiger partial charge in [0.15, 0.2) is 0 Å². The first-order valence-electron chi connectivity index (χ1n) is 6.97. The number of hydrogen-bond acceptors (Lipinski definition) is 6. The van der Waals surface area contributed by atoms with E-state index in [0.717, 1.165) is 10.7 Å². The average molecular weight is 354 g/mol. The summed E-state index contributed by atoms with van der Waals surface area (Å²) in [4.78, 5) is 29.5. The van der Waals surface area contributed by atoms with E-state index in [1.54, 1.807) is 17.4 Å². The highest BCUT2D eigenvalue weighted by molar-refractivity contribution is 8.26. The van der Waals surface area contributed by atoms with Crippen LogP contribution in [0.15, 0.2) is 10.3 Å². The van der Waals surface area contributed by atoms with Crippen molar-refractivity contribution < 1.29 is 14.7 Å². The Bertz CT molecular complexity index is 664. The van der Waals surface area contributed by atoms with Gasteiger partial charge in [-0.15, -0.1) is 11.3 Å².